The van der Waals surface area contributed by atoms with Gasteiger partial charge in [0, 0.05) is 63.3 Å². The lowest BCUT2D eigenvalue weighted by Crippen LogP contribution is -2.50. The Bertz CT molecular complexity index is 717. The molecule has 0 unspecified atom stereocenters. The van der Waals surface area contributed by atoms with Gasteiger partial charge in [-0.1, -0.05) is 30.3 Å². The summed E-state index contributed by atoms with van der Waals surface area (Å²) >= 11 is 0. The number of nitrogens with one attached hydrogen (secondary N) is 1. The summed E-state index contributed by atoms with van der Waals surface area (Å²) in [4.78, 5) is 21.2. The molecule has 26 heavy (non-hydrogen) atoms. The zero-order valence-electron chi connectivity index (χ0n) is 15.2. The molecular formula is C20H27N5O. The van der Waals surface area contributed by atoms with Crippen LogP contribution < -0.4 is 5.32 Å². The van der Waals surface area contributed by atoms with Gasteiger partial charge < -0.3 is 9.88 Å². The zero-order chi connectivity index (χ0) is 17.8. The molecule has 1 aromatic carbocycles. The maximum atomic E-state index is 11.9. The van der Waals surface area contributed by atoms with E-state index in [4.69, 9.17) is 0 Å². The Balaban J connectivity index is 1.23. The molecule has 138 valence electrons. The van der Waals surface area contributed by atoms with Crippen LogP contribution in [0.5, 0.6) is 0 Å². The molecule has 1 saturated carbocycles. The van der Waals surface area contributed by atoms with Crippen molar-refractivity contribution in [2.75, 3.05) is 39.3 Å². The molecule has 2 fully saturated rings. The Morgan fingerprint density at radius 3 is 2.50 bits per heavy atom. The van der Waals surface area contributed by atoms with E-state index < -0.39 is 0 Å². The number of hydrogen-bond donors (Lipinski definition) is 1. The number of imidazole rings is 1. The molecule has 1 aromatic heterocycles. The van der Waals surface area contributed by atoms with Gasteiger partial charge in [0.1, 0.15) is 5.82 Å². The van der Waals surface area contributed by atoms with E-state index in [1.54, 1.807) is 0 Å². The number of nitrogens with zero attached hydrogens (tertiary/aromatic N) is 4. The van der Waals surface area contributed by atoms with E-state index in [9.17, 15) is 4.79 Å². The van der Waals surface area contributed by atoms with E-state index >= 15 is 0 Å². The SMILES string of the molecule is O=C(CN1CCN(CCn2ccnc2-c2ccccc2)CC1)NC1CC1. The summed E-state index contributed by atoms with van der Waals surface area (Å²) in [5, 5.41) is 3.07. The van der Waals surface area contributed by atoms with E-state index in [1.165, 1.54) is 0 Å². The van der Waals surface area contributed by atoms with Gasteiger partial charge in [-0.15, -0.1) is 0 Å². The molecule has 2 aliphatic rings. The molecule has 6 nitrogen and oxygen atoms in total. The van der Waals surface area contributed by atoms with Gasteiger partial charge in [0.05, 0.1) is 6.54 Å². The van der Waals surface area contributed by atoms with Crippen molar-refractivity contribution < 1.29 is 4.79 Å². The van der Waals surface area contributed by atoms with Gasteiger partial charge in [0.2, 0.25) is 5.91 Å². The lowest BCUT2D eigenvalue weighted by atomic mass is 10.2. The number of carbonyl (C=O) groups is 1. The van der Waals surface area contributed by atoms with E-state index in [1.807, 2.05) is 24.4 Å². The lowest BCUT2D eigenvalue weighted by Gasteiger charge is -2.34. The van der Waals surface area contributed by atoms with E-state index in [0.29, 0.717) is 12.6 Å². The van der Waals surface area contributed by atoms with Crippen LogP contribution in [-0.2, 0) is 11.3 Å². The molecular weight excluding hydrogens is 326 g/mol. The fourth-order valence-electron chi connectivity index (χ4n) is 3.46. The largest absolute Gasteiger partial charge is 0.352 e. The van der Waals surface area contributed by atoms with Crippen molar-refractivity contribution in [2.24, 2.45) is 0 Å². The highest BCUT2D eigenvalue weighted by molar-refractivity contribution is 5.78. The van der Waals surface area contributed by atoms with Gasteiger partial charge in [-0.2, -0.15) is 0 Å². The first-order chi connectivity index (χ1) is 12.8. The van der Waals surface area contributed by atoms with Crippen LogP contribution in [0, 0.1) is 0 Å². The molecule has 0 atom stereocenters. The Morgan fingerprint density at radius 1 is 1.04 bits per heavy atom. The van der Waals surface area contributed by atoms with Crippen molar-refractivity contribution in [3.8, 4) is 11.4 Å². The van der Waals surface area contributed by atoms with Gasteiger partial charge in [0.15, 0.2) is 0 Å². The molecule has 6 heteroatoms. The van der Waals surface area contributed by atoms with Gasteiger partial charge >= 0.3 is 0 Å². The van der Waals surface area contributed by atoms with Crippen LogP contribution in [0.3, 0.4) is 0 Å². The molecule has 2 aromatic rings. The van der Waals surface area contributed by atoms with Crippen molar-refractivity contribution in [3.05, 3.63) is 42.7 Å². The first kappa shape index (κ1) is 17.2. The third kappa shape index (κ3) is 4.51. The first-order valence-corrected chi connectivity index (χ1v) is 9.58. The predicted molar refractivity (Wildman–Crippen MR) is 102 cm³/mol. The fourth-order valence-corrected chi connectivity index (χ4v) is 3.46. The number of hydrogen-bond acceptors (Lipinski definition) is 4. The highest BCUT2D eigenvalue weighted by Gasteiger charge is 2.25. The topological polar surface area (TPSA) is 53.4 Å². The number of piperazine rings is 1. The second kappa shape index (κ2) is 8.01. The van der Waals surface area contributed by atoms with Crippen molar-refractivity contribution in [1.82, 2.24) is 24.7 Å². The van der Waals surface area contributed by atoms with Crippen LogP contribution in [0.1, 0.15) is 12.8 Å². The molecule has 0 radical (unpaired) electrons. The second-order valence-corrected chi connectivity index (χ2v) is 7.27. The van der Waals surface area contributed by atoms with Crippen molar-refractivity contribution in [2.45, 2.75) is 25.4 Å². The summed E-state index contributed by atoms with van der Waals surface area (Å²) in [5.74, 6) is 1.22. The predicted octanol–water partition coefficient (Wildman–Crippen LogP) is 1.45. The summed E-state index contributed by atoms with van der Waals surface area (Å²) < 4.78 is 2.23. The van der Waals surface area contributed by atoms with Crippen LogP contribution in [0.2, 0.25) is 0 Å². The highest BCUT2D eigenvalue weighted by atomic mass is 16.2. The van der Waals surface area contributed by atoms with Crippen molar-refractivity contribution in [3.63, 3.8) is 0 Å². The number of aromatic nitrogens is 2. The van der Waals surface area contributed by atoms with E-state index in [-0.39, 0.29) is 5.91 Å². The molecule has 1 aliphatic carbocycles. The summed E-state index contributed by atoms with van der Waals surface area (Å²) in [7, 11) is 0. The van der Waals surface area contributed by atoms with Gasteiger partial charge in [-0.25, -0.2) is 4.98 Å². The third-order valence-electron chi connectivity index (χ3n) is 5.18. The number of benzene rings is 1. The lowest BCUT2D eigenvalue weighted by molar-refractivity contribution is -0.122. The minimum Gasteiger partial charge on any atom is -0.352 e. The minimum atomic E-state index is 0.187. The second-order valence-electron chi connectivity index (χ2n) is 7.27. The maximum absolute atomic E-state index is 11.9. The molecule has 1 amide bonds. The molecule has 0 spiro atoms. The minimum absolute atomic E-state index is 0.187. The third-order valence-corrected chi connectivity index (χ3v) is 5.18. The quantitative estimate of drug-likeness (QED) is 0.819. The Kier molecular flexibility index (Phi) is 5.32. The average Bonchev–Trinajstić information content (AvgIpc) is 3.35. The van der Waals surface area contributed by atoms with Gasteiger partial charge in [-0.05, 0) is 12.8 Å². The molecule has 4 rings (SSSR count). The van der Waals surface area contributed by atoms with Crippen LogP contribution in [0.25, 0.3) is 11.4 Å². The average molecular weight is 353 g/mol. The molecule has 1 saturated heterocycles. The summed E-state index contributed by atoms with van der Waals surface area (Å²) in [6.07, 6.45) is 6.23. The normalized spacial score (nSPS) is 18.8. The number of amides is 1. The zero-order valence-corrected chi connectivity index (χ0v) is 15.2. The van der Waals surface area contributed by atoms with Crippen LogP contribution >= 0.6 is 0 Å². The number of carbonyl (C=O) groups excluding carboxylic acids is 1. The van der Waals surface area contributed by atoms with E-state index in [2.05, 4.69) is 43.0 Å². The molecule has 1 aliphatic heterocycles. The van der Waals surface area contributed by atoms with Crippen molar-refractivity contribution in [1.29, 1.82) is 0 Å². The van der Waals surface area contributed by atoms with Gasteiger partial charge in [0.25, 0.3) is 0 Å². The Morgan fingerprint density at radius 2 is 1.77 bits per heavy atom. The van der Waals surface area contributed by atoms with Gasteiger partial charge in [-0.3, -0.25) is 14.6 Å². The van der Waals surface area contributed by atoms with Crippen molar-refractivity contribution >= 4 is 5.91 Å². The maximum Gasteiger partial charge on any atom is 0.234 e. The molecule has 0 bridgehead atoms. The highest BCUT2D eigenvalue weighted by Crippen LogP contribution is 2.18. The Labute approximate surface area is 154 Å². The number of rotatable bonds is 7. The molecule has 1 N–H and O–H groups in total. The van der Waals surface area contributed by atoms with Crippen LogP contribution in [0.15, 0.2) is 42.7 Å². The monoisotopic (exact) mass is 353 g/mol. The molecule has 2 heterocycles. The smallest absolute Gasteiger partial charge is 0.234 e. The summed E-state index contributed by atoms with van der Waals surface area (Å²) in [6, 6.07) is 10.8. The first-order valence-electron chi connectivity index (χ1n) is 9.58. The van der Waals surface area contributed by atoms with Crippen LogP contribution in [0.4, 0.5) is 0 Å². The fraction of sp³-hybridized carbons (Fsp3) is 0.500. The van der Waals surface area contributed by atoms with Crippen LogP contribution in [-0.4, -0.2) is 70.6 Å². The summed E-state index contributed by atoms with van der Waals surface area (Å²) in [5.41, 5.74) is 1.16. The Hall–Kier alpha value is -2.18. The standard InChI is InChI=1S/C20H27N5O/c26-19(22-18-6-7-18)16-24-12-10-23(11-13-24)14-15-25-9-8-21-20(25)17-4-2-1-3-5-17/h1-5,8-9,18H,6-7,10-16H2,(H,22,26). The van der Waals surface area contributed by atoms with E-state index in [0.717, 1.165) is 63.5 Å². The summed E-state index contributed by atoms with van der Waals surface area (Å²) in [6.45, 7) is 6.47.